The molecule has 0 atom stereocenters. The van der Waals surface area contributed by atoms with Crippen LogP contribution in [0.25, 0.3) is 17.1 Å². The van der Waals surface area contributed by atoms with Gasteiger partial charge in [0.25, 0.3) is 0 Å². The quantitative estimate of drug-likeness (QED) is 0.355. The zero-order valence-corrected chi connectivity index (χ0v) is 19.2. The maximum atomic E-state index is 12.5. The highest BCUT2D eigenvalue weighted by Gasteiger charge is 2.17. The summed E-state index contributed by atoms with van der Waals surface area (Å²) in [5.41, 5.74) is 7.88. The second-order valence-corrected chi connectivity index (χ2v) is 8.03. The number of hydrogen-bond acceptors (Lipinski definition) is 7. The molecule has 2 aromatic carbocycles. The molecule has 2 amide bonds. The van der Waals surface area contributed by atoms with Gasteiger partial charge in [0.05, 0.1) is 12.4 Å². The number of amides is 2. The van der Waals surface area contributed by atoms with Gasteiger partial charge in [0.1, 0.15) is 5.75 Å². The number of benzene rings is 2. The van der Waals surface area contributed by atoms with Gasteiger partial charge in [0.15, 0.2) is 11.0 Å². The minimum atomic E-state index is -0.521. The lowest BCUT2D eigenvalue weighted by atomic mass is 10.2. The third-order valence-corrected chi connectivity index (χ3v) is 5.69. The second-order valence-electron chi connectivity index (χ2n) is 7.08. The van der Waals surface area contributed by atoms with Gasteiger partial charge in [-0.2, -0.15) is 0 Å². The third kappa shape index (κ3) is 5.41. The highest BCUT2D eigenvalue weighted by Crippen LogP contribution is 2.28. The van der Waals surface area contributed by atoms with E-state index < -0.39 is 5.91 Å². The van der Waals surface area contributed by atoms with Gasteiger partial charge in [-0.05, 0) is 67.6 Å². The molecule has 0 aliphatic heterocycles. The van der Waals surface area contributed by atoms with Crippen molar-refractivity contribution in [2.24, 2.45) is 5.73 Å². The third-order valence-electron chi connectivity index (χ3n) is 4.76. The van der Waals surface area contributed by atoms with Crippen molar-refractivity contribution < 1.29 is 14.3 Å². The number of carbonyl (C=O) groups is 2. The van der Waals surface area contributed by atoms with Crippen molar-refractivity contribution in [3.05, 3.63) is 78.6 Å². The number of nitrogens with two attached hydrogens (primary N) is 1. The number of pyridine rings is 1. The predicted octanol–water partition coefficient (Wildman–Crippen LogP) is 3.56. The SMILES string of the molecule is CCOc1ccc(-n2c(SCC(=O)Nc3ccc(C(N)=O)cc3)nnc2-c2ccncc2)cc1. The van der Waals surface area contributed by atoms with E-state index in [0.717, 1.165) is 17.0 Å². The van der Waals surface area contributed by atoms with Gasteiger partial charge in [0, 0.05) is 34.9 Å². The molecular formula is C24H22N6O3S. The number of thioether (sulfide) groups is 1. The number of anilines is 1. The molecule has 10 heteroatoms. The van der Waals surface area contributed by atoms with Gasteiger partial charge >= 0.3 is 0 Å². The number of nitrogens with zero attached hydrogens (tertiary/aromatic N) is 4. The summed E-state index contributed by atoms with van der Waals surface area (Å²) in [6, 6.07) is 17.7. The topological polar surface area (TPSA) is 125 Å². The molecule has 0 spiro atoms. The Hall–Kier alpha value is -4.18. The normalized spacial score (nSPS) is 10.6. The van der Waals surface area contributed by atoms with Crippen molar-refractivity contribution in [2.45, 2.75) is 12.1 Å². The van der Waals surface area contributed by atoms with Gasteiger partial charge in [0.2, 0.25) is 11.8 Å². The van der Waals surface area contributed by atoms with Crippen LogP contribution in [0.4, 0.5) is 5.69 Å². The molecule has 34 heavy (non-hydrogen) atoms. The summed E-state index contributed by atoms with van der Waals surface area (Å²) in [6.45, 7) is 2.51. The van der Waals surface area contributed by atoms with E-state index in [1.165, 1.54) is 11.8 Å². The van der Waals surface area contributed by atoms with Gasteiger partial charge in [-0.15, -0.1) is 10.2 Å². The van der Waals surface area contributed by atoms with Crippen LogP contribution in [0.1, 0.15) is 17.3 Å². The molecule has 3 N–H and O–H groups in total. The van der Waals surface area contributed by atoms with Crippen LogP contribution in [0, 0.1) is 0 Å². The second kappa shape index (κ2) is 10.6. The molecule has 0 radical (unpaired) electrons. The van der Waals surface area contributed by atoms with Crippen LogP contribution >= 0.6 is 11.8 Å². The van der Waals surface area contributed by atoms with Gasteiger partial charge < -0.3 is 15.8 Å². The fourth-order valence-electron chi connectivity index (χ4n) is 3.19. The highest BCUT2D eigenvalue weighted by atomic mass is 32.2. The minimum absolute atomic E-state index is 0.114. The average molecular weight is 475 g/mol. The molecule has 0 aliphatic rings. The smallest absolute Gasteiger partial charge is 0.248 e. The zero-order chi connectivity index (χ0) is 23.9. The van der Waals surface area contributed by atoms with Crippen molar-refractivity contribution in [3.63, 3.8) is 0 Å². The van der Waals surface area contributed by atoms with Crippen molar-refractivity contribution in [1.29, 1.82) is 0 Å². The molecule has 0 saturated heterocycles. The van der Waals surface area contributed by atoms with E-state index in [9.17, 15) is 9.59 Å². The molecule has 4 aromatic rings. The van der Waals surface area contributed by atoms with Crippen molar-refractivity contribution in [2.75, 3.05) is 17.7 Å². The van der Waals surface area contributed by atoms with E-state index in [1.54, 1.807) is 36.7 Å². The number of primary amides is 1. The molecule has 4 rings (SSSR count). The first-order chi connectivity index (χ1) is 16.5. The molecule has 0 bridgehead atoms. The standard InChI is InChI=1S/C24H22N6O3S/c1-2-33-20-9-7-19(8-10-20)30-23(17-11-13-26-14-12-17)28-29-24(30)34-15-21(31)27-18-5-3-16(4-6-18)22(25)32/h3-14H,2,15H2,1H3,(H2,25,32)(H,27,31). The molecule has 0 fully saturated rings. The molecule has 172 valence electrons. The number of rotatable bonds is 9. The summed E-state index contributed by atoms with van der Waals surface area (Å²) in [5.74, 6) is 0.774. The fraction of sp³-hybridized carbons (Fsp3) is 0.125. The monoisotopic (exact) mass is 474 g/mol. The minimum Gasteiger partial charge on any atom is -0.494 e. The lowest BCUT2D eigenvalue weighted by Crippen LogP contribution is -2.15. The van der Waals surface area contributed by atoms with Crippen LogP contribution in [0.15, 0.2) is 78.2 Å². The predicted molar refractivity (Wildman–Crippen MR) is 130 cm³/mol. The summed E-state index contributed by atoms with van der Waals surface area (Å²) < 4.78 is 7.44. The molecule has 0 saturated carbocycles. The van der Waals surface area contributed by atoms with E-state index in [-0.39, 0.29) is 11.7 Å². The maximum Gasteiger partial charge on any atom is 0.248 e. The van der Waals surface area contributed by atoms with Crippen molar-refractivity contribution in [1.82, 2.24) is 19.7 Å². The van der Waals surface area contributed by atoms with Crippen LogP contribution in [-0.2, 0) is 4.79 Å². The van der Waals surface area contributed by atoms with Gasteiger partial charge in [-0.25, -0.2) is 0 Å². The first-order valence-electron chi connectivity index (χ1n) is 10.5. The van der Waals surface area contributed by atoms with E-state index in [0.29, 0.717) is 28.8 Å². The van der Waals surface area contributed by atoms with Crippen molar-refractivity contribution >= 4 is 29.3 Å². The Morgan fingerprint density at radius 3 is 2.35 bits per heavy atom. The molecular weight excluding hydrogens is 452 g/mol. The van der Waals surface area contributed by atoms with Crippen molar-refractivity contribution in [3.8, 4) is 22.8 Å². The van der Waals surface area contributed by atoms with E-state index in [2.05, 4.69) is 20.5 Å². The van der Waals surface area contributed by atoms with Gasteiger partial charge in [-0.1, -0.05) is 11.8 Å². The molecule has 0 aliphatic carbocycles. The zero-order valence-electron chi connectivity index (χ0n) is 18.3. The first-order valence-corrected chi connectivity index (χ1v) is 11.4. The maximum absolute atomic E-state index is 12.5. The highest BCUT2D eigenvalue weighted by molar-refractivity contribution is 7.99. The molecule has 9 nitrogen and oxygen atoms in total. The number of nitrogens with one attached hydrogen (secondary N) is 1. The summed E-state index contributed by atoms with van der Waals surface area (Å²) in [4.78, 5) is 27.8. The lowest BCUT2D eigenvalue weighted by molar-refractivity contribution is -0.113. The van der Waals surface area contributed by atoms with E-state index >= 15 is 0 Å². The molecule has 0 unspecified atom stereocenters. The Balaban J connectivity index is 1.54. The van der Waals surface area contributed by atoms with Crippen LogP contribution in [-0.4, -0.2) is 43.9 Å². The Labute approximate surface area is 200 Å². The Kier molecular flexibility index (Phi) is 7.19. The number of aromatic nitrogens is 4. The number of hydrogen-bond donors (Lipinski definition) is 2. The summed E-state index contributed by atoms with van der Waals surface area (Å²) in [7, 11) is 0. The van der Waals surface area contributed by atoms with Crippen LogP contribution < -0.4 is 15.8 Å². The largest absolute Gasteiger partial charge is 0.494 e. The Bertz CT molecular complexity index is 1270. The van der Waals surface area contributed by atoms with Crippen LogP contribution in [0.3, 0.4) is 0 Å². The summed E-state index contributed by atoms with van der Waals surface area (Å²) in [5, 5.41) is 12.1. The molecule has 2 heterocycles. The van der Waals surface area contributed by atoms with Crippen LogP contribution in [0.2, 0.25) is 0 Å². The average Bonchev–Trinajstić information content (AvgIpc) is 3.28. The van der Waals surface area contributed by atoms with E-state index in [4.69, 9.17) is 10.5 Å². The molecule has 2 aromatic heterocycles. The van der Waals surface area contributed by atoms with Crippen LogP contribution in [0.5, 0.6) is 5.75 Å². The number of ether oxygens (including phenoxy) is 1. The van der Waals surface area contributed by atoms with Gasteiger partial charge in [-0.3, -0.25) is 19.1 Å². The lowest BCUT2D eigenvalue weighted by Gasteiger charge is -2.11. The fourth-order valence-corrected chi connectivity index (χ4v) is 3.94. The summed E-state index contributed by atoms with van der Waals surface area (Å²) >= 11 is 1.26. The summed E-state index contributed by atoms with van der Waals surface area (Å²) in [6.07, 6.45) is 3.38. The number of carbonyl (C=O) groups excluding carboxylic acids is 2. The first kappa shape index (κ1) is 23.0. The Morgan fingerprint density at radius 2 is 1.71 bits per heavy atom. The van der Waals surface area contributed by atoms with E-state index in [1.807, 2.05) is 47.9 Å². The Morgan fingerprint density at radius 1 is 1.00 bits per heavy atom.